The van der Waals surface area contributed by atoms with Crippen molar-refractivity contribution in [2.45, 2.75) is 25.0 Å². The minimum atomic E-state index is -0.221. The van der Waals surface area contributed by atoms with Crippen molar-refractivity contribution in [3.8, 4) is 5.75 Å². The number of halogens is 1. The number of aromatic hydroxyl groups is 1. The fraction of sp³-hybridized carbons (Fsp3) is 0.160. The Kier molecular flexibility index (Phi) is 7.32. The van der Waals surface area contributed by atoms with Gasteiger partial charge in [0.25, 0.3) is 5.91 Å². The van der Waals surface area contributed by atoms with Gasteiger partial charge in [0.2, 0.25) is 0 Å². The fourth-order valence-electron chi connectivity index (χ4n) is 3.41. The number of nitrogens with zero attached hydrogens (tertiary/aromatic N) is 3. The fourth-order valence-corrected chi connectivity index (χ4v) is 4.41. The molecule has 33 heavy (non-hydrogen) atoms. The minimum Gasteiger partial charge on any atom is -0.508 e. The van der Waals surface area contributed by atoms with Gasteiger partial charge in [0.1, 0.15) is 5.75 Å². The Bertz CT molecular complexity index is 1300. The highest BCUT2D eigenvalue weighted by Crippen LogP contribution is 2.27. The summed E-state index contributed by atoms with van der Waals surface area (Å²) in [6.45, 7) is 2.52. The van der Waals surface area contributed by atoms with E-state index in [9.17, 15) is 9.90 Å². The minimum absolute atomic E-state index is 0.169. The van der Waals surface area contributed by atoms with Crippen molar-refractivity contribution in [3.63, 3.8) is 0 Å². The topological polar surface area (TPSA) is 79.5 Å². The first-order valence-corrected chi connectivity index (χ1v) is 11.9. The number of imidazole rings is 1. The van der Waals surface area contributed by atoms with E-state index in [1.165, 1.54) is 11.8 Å². The number of hydrazone groups is 1. The van der Waals surface area contributed by atoms with Gasteiger partial charge in [0.15, 0.2) is 5.16 Å². The molecule has 1 heterocycles. The lowest BCUT2D eigenvalue weighted by molar-refractivity contribution is -0.118. The standard InChI is InChI=1S/C25H23ClN4O2S/c1-2-21(17-11-13-19(31)14-12-17)28-29-24(32)16-33-25-27-22-9-5-6-10-23(22)30(25)15-18-7-3-4-8-20(18)26/h3-14,31H,2,15-16H2,1H3,(H,29,32). The number of carbonyl (C=O) groups excluding carboxylic acids is 1. The average Bonchev–Trinajstić information content (AvgIpc) is 3.18. The van der Waals surface area contributed by atoms with Gasteiger partial charge in [-0.2, -0.15) is 5.10 Å². The molecule has 0 fully saturated rings. The highest BCUT2D eigenvalue weighted by atomic mass is 35.5. The smallest absolute Gasteiger partial charge is 0.250 e. The number of hydrogen-bond donors (Lipinski definition) is 2. The summed E-state index contributed by atoms with van der Waals surface area (Å²) < 4.78 is 2.08. The Morgan fingerprint density at radius 3 is 2.58 bits per heavy atom. The molecule has 0 aliphatic carbocycles. The van der Waals surface area contributed by atoms with E-state index < -0.39 is 0 Å². The summed E-state index contributed by atoms with van der Waals surface area (Å²) in [6.07, 6.45) is 0.645. The molecular formula is C25H23ClN4O2S. The third-order valence-corrected chi connectivity index (χ3v) is 6.43. The Hall–Kier alpha value is -3.29. The quantitative estimate of drug-likeness (QED) is 0.200. The molecule has 1 amide bonds. The molecule has 0 aliphatic rings. The van der Waals surface area contributed by atoms with Gasteiger partial charge < -0.3 is 9.67 Å². The van der Waals surface area contributed by atoms with Crippen LogP contribution in [0.3, 0.4) is 0 Å². The molecule has 6 nitrogen and oxygen atoms in total. The number of amides is 1. The summed E-state index contributed by atoms with van der Waals surface area (Å²) >= 11 is 7.74. The molecule has 168 valence electrons. The largest absolute Gasteiger partial charge is 0.508 e. The van der Waals surface area contributed by atoms with Crippen molar-refractivity contribution in [1.82, 2.24) is 15.0 Å². The summed E-state index contributed by atoms with van der Waals surface area (Å²) in [5.74, 6) is 0.137. The van der Waals surface area contributed by atoms with Crippen LogP contribution in [0.25, 0.3) is 11.0 Å². The lowest BCUT2D eigenvalue weighted by atomic mass is 10.1. The highest BCUT2D eigenvalue weighted by Gasteiger charge is 2.14. The van der Waals surface area contributed by atoms with E-state index in [-0.39, 0.29) is 17.4 Å². The van der Waals surface area contributed by atoms with E-state index in [2.05, 4.69) is 15.1 Å². The molecule has 3 aromatic carbocycles. The summed E-state index contributed by atoms with van der Waals surface area (Å²) in [6, 6.07) is 22.3. The number of hydrogen-bond acceptors (Lipinski definition) is 5. The lowest BCUT2D eigenvalue weighted by Gasteiger charge is -2.10. The zero-order valence-electron chi connectivity index (χ0n) is 18.0. The third kappa shape index (κ3) is 5.56. The number of phenolic OH excluding ortho intramolecular Hbond substituents is 1. The van der Waals surface area contributed by atoms with Crippen molar-refractivity contribution in [2.75, 3.05) is 5.75 Å². The number of thioether (sulfide) groups is 1. The summed E-state index contributed by atoms with van der Waals surface area (Å²) in [7, 11) is 0. The summed E-state index contributed by atoms with van der Waals surface area (Å²) in [5, 5.41) is 15.2. The van der Waals surface area contributed by atoms with Crippen molar-refractivity contribution in [3.05, 3.63) is 88.9 Å². The Balaban J connectivity index is 1.49. The van der Waals surface area contributed by atoms with Crippen LogP contribution in [0.5, 0.6) is 5.75 Å². The van der Waals surface area contributed by atoms with E-state index in [0.29, 0.717) is 18.0 Å². The molecule has 0 atom stereocenters. The van der Waals surface area contributed by atoms with Crippen LogP contribution in [0.4, 0.5) is 0 Å². The zero-order valence-corrected chi connectivity index (χ0v) is 19.6. The van der Waals surface area contributed by atoms with E-state index in [4.69, 9.17) is 16.6 Å². The van der Waals surface area contributed by atoms with Gasteiger partial charge in [-0.1, -0.05) is 60.6 Å². The molecule has 4 rings (SSSR count). The molecule has 0 spiro atoms. The van der Waals surface area contributed by atoms with Crippen molar-refractivity contribution < 1.29 is 9.90 Å². The zero-order chi connectivity index (χ0) is 23.2. The van der Waals surface area contributed by atoms with Crippen LogP contribution in [0, 0.1) is 0 Å². The Labute approximate surface area is 201 Å². The van der Waals surface area contributed by atoms with Gasteiger partial charge in [-0.15, -0.1) is 0 Å². The number of nitrogens with one attached hydrogen (secondary N) is 1. The second kappa shape index (κ2) is 10.6. The maximum atomic E-state index is 12.5. The van der Waals surface area contributed by atoms with Crippen LogP contribution in [0.2, 0.25) is 5.02 Å². The molecular weight excluding hydrogens is 456 g/mol. The predicted octanol–water partition coefficient (Wildman–Crippen LogP) is 5.47. The number of aromatic nitrogens is 2. The first kappa shape index (κ1) is 22.9. The predicted molar refractivity (Wildman–Crippen MR) is 134 cm³/mol. The molecule has 0 saturated heterocycles. The van der Waals surface area contributed by atoms with Gasteiger partial charge >= 0.3 is 0 Å². The van der Waals surface area contributed by atoms with Gasteiger partial charge in [-0.25, -0.2) is 10.4 Å². The molecule has 8 heteroatoms. The first-order chi connectivity index (χ1) is 16.0. The van der Waals surface area contributed by atoms with Gasteiger partial charge in [0.05, 0.1) is 29.0 Å². The molecule has 4 aromatic rings. The van der Waals surface area contributed by atoms with Crippen LogP contribution < -0.4 is 5.43 Å². The number of fused-ring (bicyclic) bond motifs is 1. The molecule has 0 aliphatic heterocycles. The van der Waals surface area contributed by atoms with Crippen LogP contribution in [0.15, 0.2) is 83.1 Å². The Morgan fingerprint density at radius 2 is 1.82 bits per heavy atom. The second-order valence-corrected chi connectivity index (χ2v) is 8.69. The van der Waals surface area contributed by atoms with E-state index in [0.717, 1.165) is 33.0 Å². The first-order valence-electron chi connectivity index (χ1n) is 10.5. The second-order valence-electron chi connectivity index (χ2n) is 7.34. The Morgan fingerprint density at radius 1 is 1.09 bits per heavy atom. The van der Waals surface area contributed by atoms with Crippen LogP contribution >= 0.6 is 23.4 Å². The van der Waals surface area contributed by atoms with Crippen LogP contribution in [-0.2, 0) is 11.3 Å². The van der Waals surface area contributed by atoms with E-state index in [1.807, 2.05) is 55.5 Å². The third-order valence-electron chi connectivity index (χ3n) is 5.09. The van der Waals surface area contributed by atoms with Crippen molar-refractivity contribution in [1.29, 1.82) is 0 Å². The number of rotatable bonds is 8. The van der Waals surface area contributed by atoms with E-state index in [1.54, 1.807) is 24.3 Å². The molecule has 0 saturated carbocycles. The highest BCUT2D eigenvalue weighted by molar-refractivity contribution is 7.99. The summed E-state index contributed by atoms with van der Waals surface area (Å²) in [4.78, 5) is 17.2. The summed E-state index contributed by atoms with van der Waals surface area (Å²) in [5.41, 5.74) is 7.06. The normalized spacial score (nSPS) is 11.6. The monoisotopic (exact) mass is 478 g/mol. The number of carbonyl (C=O) groups is 1. The van der Waals surface area contributed by atoms with Gasteiger partial charge in [-0.05, 0) is 60.0 Å². The molecule has 1 aromatic heterocycles. The van der Waals surface area contributed by atoms with Crippen molar-refractivity contribution in [2.24, 2.45) is 5.10 Å². The molecule has 0 radical (unpaired) electrons. The number of benzene rings is 3. The maximum absolute atomic E-state index is 12.5. The van der Waals surface area contributed by atoms with Gasteiger partial charge in [0, 0.05) is 5.02 Å². The lowest BCUT2D eigenvalue weighted by Crippen LogP contribution is -2.22. The SMILES string of the molecule is CCC(=NNC(=O)CSc1nc2ccccc2n1Cc1ccccc1Cl)c1ccc(O)cc1. The van der Waals surface area contributed by atoms with Crippen LogP contribution in [-0.4, -0.2) is 32.0 Å². The number of phenols is 1. The average molecular weight is 479 g/mol. The number of para-hydroxylation sites is 2. The molecule has 0 unspecified atom stereocenters. The molecule has 2 N–H and O–H groups in total. The van der Waals surface area contributed by atoms with Crippen LogP contribution in [0.1, 0.15) is 24.5 Å². The van der Waals surface area contributed by atoms with E-state index >= 15 is 0 Å². The molecule has 0 bridgehead atoms. The van der Waals surface area contributed by atoms with Gasteiger partial charge in [-0.3, -0.25) is 4.79 Å². The maximum Gasteiger partial charge on any atom is 0.250 e. The van der Waals surface area contributed by atoms with Crippen molar-refractivity contribution >= 4 is 46.0 Å².